The van der Waals surface area contributed by atoms with Crippen LogP contribution in [-0.4, -0.2) is 0 Å². The summed E-state index contributed by atoms with van der Waals surface area (Å²) >= 11 is 0. The standard InChI is InChI=1S/2C18H14.C16H10.4C13H10.20C2H6.4Y/c1-11-12(2)16-8-4-6-14-10-9-13-5-3-7-15(11)17(13)18(14)16;1-11-10-15-7-6-13-4-3-5-14-8-9-16(12(11)2)18(15)17(13)14;1-3-11-7-9-13-5-2-6-14-10-8-12(4-1)15(11)16(13)14;1-11-7-5-6-10-13(11)12-8-3-2-4-9-12;2*1-11-6-5-9-13(10-11)12-7-3-2-4-8-12;1-11-7-9-13(10-8-11)12-5-3-2-4-6-12;20*1-2;;;;/h2*3-10H,1-2H3;1-10H;2-8H,1H3;2-7,10H,1H3;2-7,9H,1H3;2-5,7-9H,1H3;20*1-2H3;;;;/q;;;4*-2;;;;;;;;;;;;;;;;;;;;;;;;. The first-order valence-electron chi connectivity index (χ1n) is 55.6. The van der Waals surface area contributed by atoms with Crippen LogP contribution in [0.25, 0.3) is 141 Å². The third kappa shape index (κ3) is 53.5. The monoisotopic (exact) mass is 2280 g/mol. The zero-order valence-electron chi connectivity index (χ0n) is 102. The van der Waals surface area contributed by atoms with Gasteiger partial charge in [-0.25, -0.2) is 44.5 Å². The van der Waals surface area contributed by atoms with E-state index in [2.05, 4.69) is 291 Å². The second-order valence-electron chi connectivity index (χ2n) is 26.7. The Balaban J connectivity index is -0.000000155. The predicted molar refractivity (Wildman–Crippen MR) is 673 cm³/mol. The molecule has 0 nitrogen and oxygen atoms in total. The molecule has 0 bridgehead atoms. The van der Waals surface area contributed by atoms with E-state index in [4.69, 9.17) is 0 Å². The number of rotatable bonds is 4. The second-order valence-corrected chi connectivity index (χ2v) is 26.7. The van der Waals surface area contributed by atoms with Crippen molar-refractivity contribution in [3.63, 3.8) is 0 Å². The molecule has 0 fully saturated rings. The van der Waals surface area contributed by atoms with E-state index in [1.807, 2.05) is 417 Å². The summed E-state index contributed by atoms with van der Waals surface area (Å²) in [5.41, 5.74) is 19.4. The van der Waals surface area contributed by atoms with Crippen molar-refractivity contribution in [3.05, 3.63) is 421 Å². The molecular weight excluding hydrogens is 2090 g/mol. The number of aryl methyl sites for hydroxylation is 8. The minimum Gasteiger partial charge on any atom is -0.226 e. The third-order valence-corrected chi connectivity index (χ3v) is 19.7. The SMILES string of the molecule is CC.CC.CC.CC.CC.CC.CC.CC.CC.CC.CC.CC.CC.CC.CC.CC.CC.CC.CC.CC.Cc1[c-]c(-c2[c-]cccc2)ccc1.Cc1c(C)c2cccc3ccc4cccc1c4c32.Cc1c[c-]c(-c2[c-]cccc2)cc1.Cc1cc2ccc3cccc4ccc(c1C)c2c34.Cc1cc[c-]c(-c2[c-]cccc2)c1.Cc1ccc[c-]c1-c1[c-]cccc1.[Y].[Y].[Y].[Y].c1cc2ccc3cccc4ccc(c1)c2c34. The van der Waals surface area contributed by atoms with Crippen molar-refractivity contribution in [2.24, 2.45) is 0 Å². The smallest absolute Gasteiger partial charge is 0 e. The molecule has 4 radical (unpaired) electrons. The summed E-state index contributed by atoms with van der Waals surface area (Å²) in [6.07, 6.45) is 0. The molecule has 0 aliphatic heterocycles. The molecule has 4 heteroatoms. The normalized spacial score (nSPS) is 8.46. The first kappa shape index (κ1) is 162. The fraction of sp³-hybridized carbons (Fsp3) is 0.333. The van der Waals surface area contributed by atoms with Gasteiger partial charge in [-0.15, -0.1) is 59.2 Å². The van der Waals surface area contributed by atoms with Crippen molar-refractivity contribution in [2.45, 2.75) is 332 Å². The molecule has 0 aliphatic carbocycles. The minimum absolute atomic E-state index is 0. The van der Waals surface area contributed by atoms with Gasteiger partial charge in [0.05, 0.1) is 0 Å². The summed E-state index contributed by atoms with van der Waals surface area (Å²) in [6, 6.07) is 139. The Kier molecular flexibility index (Phi) is 119. The Morgan fingerprint density at radius 1 is 0.155 bits per heavy atom. The topological polar surface area (TPSA) is 0 Å². The molecule has 0 unspecified atom stereocenters. The van der Waals surface area contributed by atoms with Gasteiger partial charge in [0.2, 0.25) is 0 Å². The van der Waals surface area contributed by atoms with Crippen LogP contribution in [-0.2, 0) is 131 Å². The van der Waals surface area contributed by atoms with Gasteiger partial charge in [-0.3, -0.25) is 0 Å². The van der Waals surface area contributed by atoms with Gasteiger partial charge in [-0.05, 0) is 147 Å². The Labute approximate surface area is 1010 Å². The summed E-state index contributed by atoms with van der Waals surface area (Å²) in [6.45, 7) is 97.2. The van der Waals surface area contributed by atoms with Crippen molar-refractivity contribution >= 4 is 97.0 Å². The minimum atomic E-state index is 0. The average molecular weight is 2280 g/mol. The third-order valence-electron chi connectivity index (χ3n) is 19.7. The average Bonchev–Trinajstić information content (AvgIpc) is 0.733. The molecule has 0 amide bonds. The van der Waals surface area contributed by atoms with Crippen LogP contribution in [0.15, 0.2) is 328 Å². The van der Waals surface area contributed by atoms with Crippen molar-refractivity contribution in [1.29, 1.82) is 0 Å². The van der Waals surface area contributed by atoms with Crippen LogP contribution in [0.1, 0.15) is 321 Å². The van der Waals surface area contributed by atoms with Gasteiger partial charge in [0.15, 0.2) is 0 Å². The van der Waals surface area contributed by atoms with E-state index in [0.29, 0.717) is 0 Å². The molecule has 0 saturated carbocycles. The van der Waals surface area contributed by atoms with E-state index >= 15 is 0 Å². The van der Waals surface area contributed by atoms with Gasteiger partial charge >= 0.3 is 0 Å². The Morgan fingerprint density at radius 3 is 0.750 bits per heavy atom. The molecule has 20 aromatic carbocycles. The van der Waals surface area contributed by atoms with Crippen LogP contribution < -0.4 is 0 Å². The fourth-order valence-corrected chi connectivity index (χ4v) is 14.1. The van der Waals surface area contributed by atoms with Crippen LogP contribution in [0.5, 0.6) is 0 Å². The van der Waals surface area contributed by atoms with Crippen LogP contribution in [0, 0.1) is 104 Å². The van der Waals surface area contributed by atoms with E-state index in [0.717, 1.165) is 50.1 Å². The van der Waals surface area contributed by atoms with Crippen molar-refractivity contribution in [2.75, 3.05) is 0 Å². The summed E-state index contributed by atoms with van der Waals surface area (Å²) < 4.78 is 0. The van der Waals surface area contributed by atoms with Gasteiger partial charge in [-0.1, -0.05) is 462 Å². The molecule has 0 aliphatic rings. The van der Waals surface area contributed by atoms with Crippen molar-refractivity contribution in [3.8, 4) is 44.5 Å². The number of benzene rings is 20. The quantitative estimate of drug-likeness (QED) is 0.122. The summed E-state index contributed by atoms with van der Waals surface area (Å²) in [5.74, 6) is 0. The summed E-state index contributed by atoms with van der Waals surface area (Å²) in [5, 5.41) is 24.8. The molecular formula is C144H198Y4-8. The van der Waals surface area contributed by atoms with Crippen molar-refractivity contribution in [1.82, 2.24) is 0 Å². The first-order chi connectivity index (χ1) is 70.9. The largest absolute Gasteiger partial charge is 0.226 e. The molecule has 0 atom stereocenters. The maximum atomic E-state index is 3.29. The van der Waals surface area contributed by atoms with E-state index in [9.17, 15) is 0 Å². The van der Waals surface area contributed by atoms with Crippen LogP contribution in [0.2, 0.25) is 0 Å². The second kappa shape index (κ2) is 109. The molecule has 0 saturated heterocycles. The molecule has 148 heavy (non-hydrogen) atoms. The Bertz CT molecular complexity index is 5930. The van der Waals surface area contributed by atoms with Crippen molar-refractivity contribution < 1.29 is 131 Å². The van der Waals surface area contributed by atoms with Crippen LogP contribution >= 0.6 is 0 Å². The van der Waals surface area contributed by atoms with Gasteiger partial charge in [0.25, 0.3) is 0 Å². The Hall–Kier alpha value is -8.06. The predicted octanol–water partition coefficient (Wildman–Crippen LogP) is 48.5. The Morgan fingerprint density at radius 2 is 0.426 bits per heavy atom. The fourth-order valence-electron chi connectivity index (χ4n) is 14.1. The summed E-state index contributed by atoms with van der Waals surface area (Å²) in [4.78, 5) is 0. The van der Waals surface area contributed by atoms with Gasteiger partial charge in [0, 0.05) is 131 Å². The van der Waals surface area contributed by atoms with Gasteiger partial charge in [0.1, 0.15) is 0 Å². The molecule has 0 aromatic heterocycles. The first-order valence-corrected chi connectivity index (χ1v) is 55.6. The summed E-state index contributed by atoms with van der Waals surface area (Å²) in [7, 11) is 0. The van der Waals surface area contributed by atoms with Gasteiger partial charge < -0.3 is 0 Å². The molecule has 20 rings (SSSR count). The van der Waals surface area contributed by atoms with Crippen LogP contribution in [0.3, 0.4) is 0 Å². The molecule has 0 spiro atoms. The number of hydrogen-bond acceptors (Lipinski definition) is 0. The molecule has 794 valence electrons. The van der Waals surface area contributed by atoms with Crippen LogP contribution in [0.4, 0.5) is 0 Å². The molecule has 0 N–H and O–H groups in total. The van der Waals surface area contributed by atoms with E-state index in [-0.39, 0.29) is 131 Å². The number of hydrogen-bond donors (Lipinski definition) is 0. The zero-order valence-corrected chi connectivity index (χ0v) is 114. The maximum absolute atomic E-state index is 3.29. The van der Waals surface area contributed by atoms with E-state index in [1.165, 1.54) is 136 Å². The maximum Gasteiger partial charge on any atom is 0 e. The molecule has 20 aromatic rings. The molecule has 0 heterocycles. The van der Waals surface area contributed by atoms with Gasteiger partial charge in [-0.2, -0.15) is 181 Å². The van der Waals surface area contributed by atoms with E-state index in [1.54, 1.807) is 0 Å². The van der Waals surface area contributed by atoms with E-state index < -0.39 is 0 Å². The zero-order chi connectivity index (χ0) is 111.